The highest BCUT2D eigenvalue weighted by molar-refractivity contribution is 7.17. The molecule has 0 bridgehead atoms. The summed E-state index contributed by atoms with van der Waals surface area (Å²) in [4.78, 5) is 19.9. The summed E-state index contributed by atoms with van der Waals surface area (Å²) in [6.45, 7) is 0.695. The molecule has 3 aromatic rings. The Kier molecular flexibility index (Phi) is 4.74. The molecule has 0 radical (unpaired) electrons. The van der Waals surface area contributed by atoms with Gasteiger partial charge < -0.3 is 4.90 Å². The molecule has 3 nitrogen and oxygen atoms in total. The highest BCUT2D eigenvalue weighted by atomic mass is 35.5. The van der Waals surface area contributed by atoms with Crippen molar-refractivity contribution in [2.45, 2.75) is 18.9 Å². The summed E-state index contributed by atoms with van der Waals surface area (Å²) in [5, 5.41) is 1.35. The largest absolute Gasteiger partial charge is 0.331 e. The zero-order valence-electron chi connectivity index (χ0n) is 13.9. The highest BCUT2D eigenvalue weighted by Crippen LogP contribution is 2.36. The molecule has 6 heteroatoms. The van der Waals surface area contributed by atoms with Crippen LogP contribution in [0.3, 0.4) is 0 Å². The molecule has 4 rings (SSSR count). The van der Waals surface area contributed by atoms with Crippen LogP contribution in [0.25, 0.3) is 10.6 Å². The fourth-order valence-electron chi connectivity index (χ4n) is 3.31. The summed E-state index contributed by atoms with van der Waals surface area (Å²) in [5.41, 5.74) is 1.79. The molecule has 1 aromatic heterocycles. The van der Waals surface area contributed by atoms with Gasteiger partial charge in [-0.1, -0.05) is 41.9 Å². The van der Waals surface area contributed by atoms with Crippen LogP contribution in [0.1, 0.15) is 34.1 Å². The topological polar surface area (TPSA) is 33.2 Å². The molecule has 0 N–H and O–H groups in total. The standard InChI is InChI=1S/C20H16ClFN2OS/c21-16-5-2-1-4-15(16)19-23-12-18(26-19)20(25)24-11-3-6-17(24)13-7-9-14(22)10-8-13/h1-2,4-5,7-10,12,17H,3,6,11H2. The Morgan fingerprint density at radius 2 is 1.96 bits per heavy atom. The molecule has 1 aliphatic rings. The van der Waals surface area contributed by atoms with Crippen molar-refractivity contribution in [3.63, 3.8) is 0 Å². The van der Waals surface area contributed by atoms with Crippen LogP contribution in [0.2, 0.25) is 5.02 Å². The lowest BCUT2D eigenvalue weighted by molar-refractivity contribution is 0.0740. The molecule has 2 heterocycles. The molecule has 0 spiro atoms. The van der Waals surface area contributed by atoms with Crippen molar-refractivity contribution in [1.29, 1.82) is 0 Å². The summed E-state index contributed by atoms with van der Waals surface area (Å²) in [5.74, 6) is -0.302. The number of benzene rings is 2. The van der Waals surface area contributed by atoms with Gasteiger partial charge in [-0.15, -0.1) is 11.3 Å². The molecule has 0 saturated carbocycles. The van der Waals surface area contributed by atoms with E-state index in [1.54, 1.807) is 18.3 Å². The van der Waals surface area contributed by atoms with E-state index >= 15 is 0 Å². The van der Waals surface area contributed by atoms with Gasteiger partial charge in [-0.3, -0.25) is 4.79 Å². The third kappa shape index (κ3) is 3.24. The Hall–Kier alpha value is -2.24. The van der Waals surface area contributed by atoms with Crippen molar-refractivity contribution < 1.29 is 9.18 Å². The Morgan fingerprint density at radius 1 is 1.19 bits per heavy atom. The van der Waals surface area contributed by atoms with E-state index in [1.165, 1.54) is 23.5 Å². The second-order valence-corrected chi connectivity index (χ2v) is 7.66. The number of halogens is 2. The van der Waals surface area contributed by atoms with E-state index < -0.39 is 0 Å². The van der Waals surface area contributed by atoms with Crippen molar-refractivity contribution in [1.82, 2.24) is 9.88 Å². The maximum Gasteiger partial charge on any atom is 0.266 e. The number of thiazole rings is 1. The second kappa shape index (κ2) is 7.17. The van der Waals surface area contributed by atoms with Gasteiger partial charge in [0, 0.05) is 12.1 Å². The smallest absolute Gasteiger partial charge is 0.266 e. The fourth-order valence-corrected chi connectivity index (χ4v) is 4.51. The minimum Gasteiger partial charge on any atom is -0.331 e. The van der Waals surface area contributed by atoms with Gasteiger partial charge in [0.2, 0.25) is 0 Å². The van der Waals surface area contributed by atoms with E-state index in [4.69, 9.17) is 11.6 Å². The molecule has 1 unspecified atom stereocenters. The third-order valence-corrected chi connectivity index (χ3v) is 5.94. The molecule has 0 aliphatic carbocycles. The molecule has 1 atom stereocenters. The number of nitrogens with zero attached hydrogens (tertiary/aromatic N) is 2. The van der Waals surface area contributed by atoms with Gasteiger partial charge in [-0.05, 0) is 36.6 Å². The number of aromatic nitrogens is 1. The normalized spacial score (nSPS) is 16.8. The van der Waals surface area contributed by atoms with Crippen molar-refractivity contribution in [2.24, 2.45) is 0 Å². The Morgan fingerprint density at radius 3 is 2.73 bits per heavy atom. The van der Waals surface area contributed by atoms with Gasteiger partial charge in [0.1, 0.15) is 15.7 Å². The van der Waals surface area contributed by atoms with Crippen molar-refractivity contribution in [3.8, 4) is 10.6 Å². The van der Waals surface area contributed by atoms with E-state index in [9.17, 15) is 9.18 Å². The molecule has 26 heavy (non-hydrogen) atoms. The zero-order chi connectivity index (χ0) is 18.1. The molecule has 1 aliphatic heterocycles. The molecule has 2 aromatic carbocycles. The summed E-state index contributed by atoms with van der Waals surface area (Å²) in [7, 11) is 0. The molecule has 1 amide bonds. The number of hydrogen-bond acceptors (Lipinski definition) is 3. The lowest BCUT2D eigenvalue weighted by Crippen LogP contribution is -2.29. The third-order valence-electron chi connectivity index (χ3n) is 4.59. The number of amides is 1. The van der Waals surface area contributed by atoms with Crippen molar-refractivity contribution in [2.75, 3.05) is 6.54 Å². The molecular weight excluding hydrogens is 371 g/mol. The summed E-state index contributed by atoms with van der Waals surface area (Å²) >= 11 is 7.58. The van der Waals surface area contributed by atoms with E-state index in [1.807, 2.05) is 29.2 Å². The van der Waals surface area contributed by atoms with Crippen LogP contribution in [0.5, 0.6) is 0 Å². The van der Waals surface area contributed by atoms with E-state index in [-0.39, 0.29) is 17.8 Å². The SMILES string of the molecule is O=C(c1cnc(-c2ccccc2Cl)s1)N1CCCC1c1ccc(F)cc1. The van der Waals surface area contributed by atoms with Gasteiger partial charge in [-0.2, -0.15) is 0 Å². The van der Waals surface area contributed by atoms with Crippen molar-refractivity contribution >= 4 is 28.8 Å². The first-order valence-corrected chi connectivity index (χ1v) is 9.60. The first-order chi connectivity index (χ1) is 12.6. The maximum atomic E-state index is 13.2. The minimum absolute atomic E-state index is 0.0195. The van der Waals surface area contributed by atoms with Crippen LogP contribution < -0.4 is 0 Å². The number of likely N-dealkylation sites (tertiary alicyclic amines) is 1. The number of carbonyl (C=O) groups is 1. The van der Waals surface area contributed by atoms with Gasteiger partial charge in [0.15, 0.2) is 0 Å². The van der Waals surface area contributed by atoms with Crippen LogP contribution >= 0.6 is 22.9 Å². The van der Waals surface area contributed by atoms with E-state index in [2.05, 4.69) is 4.98 Å². The van der Waals surface area contributed by atoms with E-state index in [0.717, 1.165) is 29.0 Å². The second-order valence-electron chi connectivity index (χ2n) is 6.22. The number of rotatable bonds is 3. The van der Waals surface area contributed by atoms with Crippen LogP contribution in [0.4, 0.5) is 4.39 Å². The first-order valence-electron chi connectivity index (χ1n) is 8.40. The predicted molar refractivity (Wildman–Crippen MR) is 102 cm³/mol. The maximum absolute atomic E-state index is 13.2. The molecular formula is C20H16ClFN2OS. The van der Waals surface area contributed by atoms with Crippen LogP contribution in [-0.2, 0) is 0 Å². The van der Waals surface area contributed by atoms with Gasteiger partial charge >= 0.3 is 0 Å². The molecule has 1 saturated heterocycles. The Bertz CT molecular complexity index is 941. The van der Waals surface area contributed by atoms with Gasteiger partial charge in [0.25, 0.3) is 5.91 Å². The molecule has 1 fully saturated rings. The first kappa shape index (κ1) is 17.2. The van der Waals surface area contributed by atoms with Gasteiger partial charge in [-0.25, -0.2) is 9.37 Å². The van der Waals surface area contributed by atoms with Gasteiger partial charge in [0.05, 0.1) is 17.3 Å². The lowest BCUT2D eigenvalue weighted by atomic mass is 10.0. The van der Waals surface area contributed by atoms with Crippen LogP contribution in [0.15, 0.2) is 54.7 Å². The fraction of sp³-hybridized carbons (Fsp3) is 0.200. The number of carbonyl (C=O) groups excluding carboxylic acids is 1. The minimum atomic E-state index is -0.267. The summed E-state index contributed by atoms with van der Waals surface area (Å²) < 4.78 is 13.2. The Balaban J connectivity index is 1.59. The molecule has 132 valence electrons. The zero-order valence-corrected chi connectivity index (χ0v) is 15.4. The Labute approximate surface area is 160 Å². The highest BCUT2D eigenvalue weighted by Gasteiger charge is 2.31. The average Bonchev–Trinajstić information content (AvgIpc) is 3.32. The van der Waals surface area contributed by atoms with Crippen LogP contribution in [-0.4, -0.2) is 22.3 Å². The quantitative estimate of drug-likeness (QED) is 0.588. The lowest BCUT2D eigenvalue weighted by Gasteiger charge is -2.24. The number of hydrogen-bond donors (Lipinski definition) is 0. The van der Waals surface area contributed by atoms with E-state index in [0.29, 0.717) is 16.4 Å². The van der Waals surface area contributed by atoms with Crippen molar-refractivity contribution in [3.05, 3.63) is 76.0 Å². The predicted octanol–water partition coefficient (Wildman–Crippen LogP) is 5.58. The summed E-state index contributed by atoms with van der Waals surface area (Å²) in [6, 6.07) is 13.8. The summed E-state index contributed by atoms with van der Waals surface area (Å²) in [6.07, 6.45) is 3.43. The average molecular weight is 387 g/mol. The van der Waals surface area contributed by atoms with Crippen LogP contribution in [0, 0.1) is 5.82 Å². The monoisotopic (exact) mass is 386 g/mol.